The van der Waals surface area contributed by atoms with Gasteiger partial charge in [0.05, 0.1) is 6.04 Å². The molecule has 100 valence electrons. The van der Waals surface area contributed by atoms with E-state index in [0.717, 1.165) is 12.1 Å². The molecule has 1 N–H and O–H groups in total. The minimum atomic E-state index is 0.356. The van der Waals surface area contributed by atoms with Gasteiger partial charge in [0.15, 0.2) is 0 Å². The summed E-state index contributed by atoms with van der Waals surface area (Å²) < 4.78 is 0. The van der Waals surface area contributed by atoms with E-state index in [0.29, 0.717) is 12.1 Å². The summed E-state index contributed by atoms with van der Waals surface area (Å²) in [7, 11) is 0. The van der Waals surface area contributed by atoms with Crippen LogP contribution >= 0.6 is 11.3 Å². The molecule has 19 heavy (non-hydrogen) atoms. The Hall–Kier alpha value is -1.19. The van der Waals surface area contributed by atoms with Crippen molar-refractivity contribution in [2.75, 3.05) is 0 Å². The van der Waals surface area contributed by atoms with Crippen molar-refractivity contribution in [3.8, 4) is 0 Å². The van der Waals surface area contributed by atoms with E-state index in [2.05, 4.69) is 53.8 Å². The van der Waals surface area contributed by atoms with E-state index in [4.69, 9.17) is 0 Å². The van der Waals surface area contributed by atoms with Gasteiger partial charge in [-0.15, -0.1) is 11.3 Å². The van der Waals surface area contributed by atoms with Gasteiger partial charge in [-0.1, -0.05) is 24.3 Å². The number of aromatic nitrogens is 1. The highest BCUT2D eigenvalue weighted by Crippen LogP contribution is 2.24. The van der Waals surface area contributed by atoms with Gasteiger partial charge in [-0.05, 0) is 44.2 Å². The van der Waals surface area contributed by atoms with Crippen LogP contribution in [0.3, 0.4) is 0 Å². The largest absolute Gasteiger partial charge is 0.305 e. The number of thiazole rings is 1. The number of fused-ring (bicyclic) bond motifs is 1. The molecule has 2 unspecified atom stereocenters. The first kappa shape index (κ1) is 12.8. The zero-order valence-electron chi connectivity index (χ0n) is 11.5. The fourth-order valence-corrected chi connectivity index (χ4v) is 3.65. The molecule has 1 aliphatic carbocycles. The quantitative estimate of drug-likeness (QED) is 0.922. The van der Waals surface area contributed by atoms with Gasteiger partial charge < -0.3 is 5.32 Å². The Bertz CT molecular complexity index is 561. The SMILES string of the molecule is Cc1csc(C(C)NC2CCc3ccccc3C2)n1. The van der Waals surface area contributed by atoms with Crippen LogP contribution in [-0.2, 0) is 12.8 Å². The summed E-state index contributed by atoms with van der Waals surface area (Å²) in [6, 6.07) is 9.76. The first-order valence-corrected chi connectivity index (χ1v) is 7.85. The molecular weight excluding hydrogens is 252 g/mol. The maximum absolute atomic E-state index is 4.58. The summed E-state index contributed by atoms with van der Waals surface area (Å²) in [5.41, 5.74) is 4.16. The van der Waals surface area contributed by atoms with Gasteiger partial charge in [0.1, 0.15) is 5.01 Å². The van der Waals surface area contributed by atoms with Gasteiger partial charge in [0.2, 0.25) is 0 Å². The lowest BCUT2D eigenvalue weighted by molar-refractivity contribution is 0.413. The van der Waals surface area contributed by atoms with Crippen LogP contribution in [0.5, 0.6) is 0 Å². The number of benzene rings is 1. The predicted molar refractivity (Wildman–Crippen MR) is 80.7 cm³/mol. The molecule has 2 atom stereocenters. The van der Waals surface area contributed by atoms with Crippen molar-refractivity contribution in [3.05, 3.63) is 51.5 Å². The minimum Gasteiger partial charge on any atom is -0.305 e. The summed E-state index contributed by atoms with van der Waals surface area (Å²) in [4.78, 5) is 4.58. The number of rotatable bonds is 3. The molecule has 1 aromatic carbocycles. The zero-order chi connectivity index (χ0) is 13.2. The number of nitrogens with zero attached hydrogens (tertiary/aromatic N) is 1. The van der Waals surface area contributed by atoms with Crippen molar-refractivity contribution in [1.82, 2.24) is 10.3 Å². The molecular formula is C16H20N2S. The molecule has 1 heterocycles. The maximum atomic E-state index is 4.58. The number of nitrogens with one attached hydrogen (secondary N) is 1. The van der Waals surface area contributed by atoms with Gasteiger partial charge in [-0.25, -0.2) is 4.98 Å². The molecule has 0 saturated heterocycles. The Morgan fingerprint density at radius 2 is 2.11 bits per heavy atom. The second-order valence-corrected chi connectivity index (χ2v) is 6.31. The average molecular weight is 272 g/mol. The van der Waals surface area contributed by atoms with E-state index < -0.39 is 0 Å². The summed E-state index contributed by atoms with van der Waals surface area (Å²) >= 11 is 1.76. The number of hydrogen-bond acceptors (Lipinski definition) is 3. The fraction of sp³-hybridized carbons (Fsp3) is 0.438. The molecule has 2 aromatic rings. The fourth-order valence-electron chi connectivity index (χ4n) is 2.84. The van der Waals surface area contributed by atoms with E-state index in [9.17, 15) is 0 Å². The highest BCUT2D eigenvalue weighted by molar-refractivity contribution is 7.09. The highest BCUT2D eigenvalue weighted by Gasteiger charge is 2.20. The monoisotopic (exact) mass is 272 g/mol. The van der Waals surface area contributed by atoms with E-state index >= 15 is 0 Å². The summed E-state index contributed by atoms with van der Waals surface area (Å²) in [6.07, 6.45) is 3.56. The number of aryl methyl sites for hydroxylation is 2. The molecule has 1 aromatic heterocycles. The summed E-state index contributed by atoms with van der Waals surface area (Å²) in [6.45, 7) is 4.28. The molecule has 2 nitrogen and oxygen atoms in total. The van der Waals surface area contributed by atoms with Gasteiger partial charge in [-0.2, -0.15) is 0 Å². The van der Waals surface area contributed by atoms with Crippen molar-refractivity contribution in [2.24, 2.45) is 0 Å². The van der Waals surface area contributed by atoms with Crippen molar-refractivity contribution >= 4 is 11.3 Å². The van der Waals surface area contributed by atoms with Crippen LogP contribution in [0.2, 0.25) is 0 Å². The lowest BCUT2D eigenvalue weighted by Gasteiger charge is -2.27. The lowest BCUT2D eigenvalue weighted by Crippen LogP contribution is -2.36. The minimum absolute atomic E-state index is 0.356. The van der Waals surface area contributed by atoms with Crippen LogP contribution in [0.25, 0.3) is 0 Å². The van der Waals surface area contributed by atoms with Crippen LogP contribution in [0, 0.1) is 6.92 Å². The Morgan fingerprint density at radius 1 is 1.32 bits per heavy atom. The number of hydrogen-bond donors (Lipinski definition) is 1. The van der Waals surface area contributed by atoms with Crippen LogP contribution in [-0.4, -0.2) is 11.0 Å². The summed E-state index contributed by atoms with van der Waals surface area (Å²) in [5, 5.41) is 7.07. The zero-order valence-corrected chi connectivity index (χ0v) is 12.3. The normalized spacial score (nSPS) is 20.0. The Kier molecular flexibility index (Phi) is 3.67. The van der Waals surface area contributed by atoms with Crippen molar-refractivity contribution in [3.63, 3.8) is 0 Å². The molecule has 3 heteroatoms. The van der Waals surface area contributed by atoms with Gasteiger partial charge >= 0.3 is 0 Å². The molecule has 0 radical (unpaired) electrons. The highest BCUT2D eigenvalue weighted by atomic mass is 32.1. The summed E-state index contributed by atoms with van der Waals surface area (Å²) in [5.74, 6) is 0. The van der Waals surface area contributed by atoms with Crippen LogP contribution < -0.4 is 5.32 Å². The average Bonchev–Trinajstić information content (AvgIpc) is 2.85. The van der Waals surface area contributed by atoms with E-state index in [-0.39, 0.29) is 0 Å². The maximum Gasteiger partial charge on any atom is 0.110 e. The van der Waals surface area contributed by atoms with Gasteiger partial charge in [0.25, 0.3) is 0 Å². The third-order valence-corrected chi connectivity index (χ3v) is 4.99. The van der Waals surface area contributed by atoms with E-state index in [1.165, 1.54) is 29.0 Å². The Balaban J connectivity index is 1.66. The second kappa shape index (κ2) is 5.43. The van der Waals surface area contributed by atoms with Gasteiger partial charge in [0, 0.05) is 17.1 Å². The van der Waals surface area contributed by atoms with E-state index in [1.807, 2.05) is 0 Å². The van der Waals surface area contributed by atoms with Crippen molar-refractivity contribution in [2.45, 2.75) is 45.2 Å². The third-order valence-electron chi connectivity index (χ3n) is 3.84. The third kappa shape index (κ3) is 2.88. The molecule has 1 aliphatic rings. The molecule has 0 aliphatic heterocycles. The van der Waals surface area contributed by atoms with Crippen LogP contribution in [0.1, 0.15) is 41.2 Å². The van der Waals surface area contributed by atoms with Crippen molar-refractivity contribution in [1.29, 1.82) is 0 Å². The van der Waals surface area contributed by atoms with Gasteiger partial charge in [-0.3, -0.25) is 0 Å². The predicted octanol–water partition coefficient (Wildman–Crippen LogP) is 3.66. The first-order valence-electron chi connectivity index (χ1n) is 6.97. The van der Waals surface area contributed by atoms with E-state index in [1.54, 1.807) is 11.3 Å². The molecule has 0 spiro atoms. The molecule has 0 bridgehead atoms. The standard InChI is InChI=1S/C16H20N2S/c1-11-10-19-16(17-11)12(2)18-15-8-7-13-5-3-4-6-14(13)9-15/h3-6,10,12,15,18H,7-9H2,1-2H3. The second-order valence-electron chi connectivity index (χ2n) is 5.42. The Labute approximate surface area is 118 Å². The van der Waals surface area contributed by atoms with Crippen LogP contribution in [0.15, 0.2) is 29.6 Å². The Morgan fingerprint density at radius 3 is 2.84 bits per heavy atom. The first-order chi connectivity index (χ1) is 9.22. The van der Waals surface area contributed by atoms with Crippen LogP contribution in [0.4, 0.5) is 0 Å². The molecule has 0 amide bonds. The molecule has 3 rings (SSSR count). The molecule has 0 saturated carbocycles. The molecule has 0 fully saturated rings. The van der Waals surface area contributed by atoms with Crippen molar-refractivity contribution < 1.29 is 0 Å². The lowest BCUT2D eigenvalue weighted by atomic mass is 9.88. The smallest absolute Gasteiger partial charge is 0.110 e. The topological polar surface area (TPSA) is 24.9 Å².